The highest BCUT2D eigenvalue weighted by molar-refractivity contribution is 6.30. The zero-order valence-corrected chi connectivity index (χ0v) is 12.3. The van der Waals surface area contributed by atoms with Crippen LogP contribution in [0.5, 0.6) is 0 Å². The first-order valence-electron chi connectivity index (χ1n) is 6.94. The molecule has 20 heavy (non-hydrogen) atoms. The van der Waals surface area contributed by atoms with Crippen LogP contribution < -0.4 is 5.56 Å². The number of aryl methyl sites for hydroxylation is 1. The third kappa shape index (κ3) is 2.53. The molecule has 1 N–H and O–H groups in total. The molecule has 0 atom stereocenters. The quantitative estimate of drug-likeness (QED) is 0.943. The molecule has 1 aromatic carbocycles. The van der Waals surface area contributed by atoms with Gasteiger partial charge in [0.25, 0.3) is 5.56 Å². The third-order valence-corrected chi connectivity index (χ3v) is 4.08. The summed E-state index contributed by atoms with van der Waals surface area (Å²) in [5.74, 6) is 0. The van der Waals surface area contributed by atoms with Gasteiger partial charge in [-0.05, 0) is 24.6 Å². The van der Waals surface area contributed by atoms with Crippen LogP contribution in [0.1, 0.15) is 23.7 Å². The van der Waals surface area contributed by atoms with Crippen molar-refractivity contribution >= 4 is 11.6 Å². The van der Waals surface area contributed by atoms with Crippen molar-refractivity contribution in [2.75, 3.05) is 6.54 Å². The van der Waals surface area contributed by atoms with Gasteiger partial charge in [-0.15, -0.1) is 0 Å². The SMILES string of the molecule is CCn1[nH]c2c(c1=O)CN(Cc1ccc(Cl)cc1)CC2. The van der Waals surface area contributed by atoms with Gasteiger partial charge in [0, 0.05) is 43.3 Å². The normalized spacial score (nSPS) is 15.3. The van der Waals surface area contributed by atoms with Gasteiger partial charge < -0.3 is 0 Å². The summed E-state index contributed by atoms with van der Waals surface area (Å²) in [6, 6.07) is 7.90. The number of aromatic amines is 1. The molecule has 0 fully saturated rings. The van der Waals surface area contributed by atoms with Crippen molar-refractivity contribution in [3.63, 3.8) is 0 Å². The van der Waals surface area contributed by atoms with Crippen LogP contribution in [0.25, 0.3) is 0 Å². The van der Waals surface area contributed by atoms with Crippen LogP contribution >= 0.6 is 11.6 Å². The number of halogens is 1. The summed E-state index contributed by atoms with van der Waals surface area (Å²) in [7, 11) is 0. The van der Waals surface area contributed by atoms with Crippen LogP contribution in [0.2, 0.25) is 5.02 Å². The Balaban J connectivity index is 1.76. The number of benzene rings is 1. The lowest BCUT2D eigenvalue weighted by molar-refractivity contribution is 0.244. The summed E-state index contributed by atoms with van der Waals surface area (Å²) in [4.78, 5) is 14.5. The van der Waals surface area contributed by atoms with E-state index in [1.807, 2.05) is 31.2 Å². The van der Waals surface area contributed by atoms with Crippen molar-refractivity contribution in [1.29, 1.82) is 0 Å². The highest BCUT2D eigenvalue weighted by Crippen LogP contribution is 2.17. The first-order chi connectivity index (χ1) is 9.67. The Kier molecular flexibility index (Phi) is 3.68. The van der Waals surface area contributed by atoms with Crippen molar-refractivity contribution in [3.05, 3.63) is 56.5 Å². The molecule has 0 spiro atoms. The second-order valence-electron chi connectivity index (χ2n) is 5.21. The van der Waals surface area contributed by atoms with Crippen molar-refractivity contribution in [3.8, 4) is 0 Å². The van der Waals surface area contributed by atoms with Crippen molar-refractivity contribution in [2.45, 2.75) is 33.0 Å². The molecule has 4 nitrogen and oxygen atoms in total. The van der Waals surface area contributed by atoms with Gasteiger partial charge in [-0.25, -0.2) is 0 Å². The van der Waals surface area contributed by atoms with Crippen LogP contribution in [0.15, 0.2) is 29.1 Å². The van der Waals surface area contributed by atoms with Gasteiger partial charge in [0.2, 0.25) is 0 Å². The summed E-state index contributed by atoms with van der Waals surface area (Å²) in [6.45, 7) is 5.23. The molecule has 5 heteroatoms. The minimum absolute atomic E-state index is 0.128. The molecule has 3 rings (SSSR count). The first kappa shape index (κ1) is 13.5. The maximum Gasteiger partial charge on any atom is 0.271 e. The maximum absolute atomic E-state index is 12.2. The van der Waals surface area contributed by atoms with Gasteiger partial charge in [0.1, 0.15) is 0 Å². The molecule has 2 heterocycles. The predicted octanol–water partition coefficient (Wildman–Crippen LogP) is 2.41. The van der Waals surface area contributed by atoms with Crippen molar-refractivity contribution in [1.82, 2.24) is 14.7 Å². The standard InChI is InChI=1S/C15H18ClN3O/c1-2-19-15(20)13-10-18(8-7-14(13)17-19)9-11-3-5-12(16)6-4-11/h3-6,17H,2,7-10H2,1H3. The summed E-state index contributed by atoms with van der Waals surface area (Å²) >= 11 is 5.90. The lowest BCUT2D eigenvalue weighted by atomic mass is 10.1. The van der Waals surface area contributed by atoms with Crippen molar-refractivity contribution in [2.24, 2.45) is 0 Å². The van der Waals surface area contributed by atoms with Gasteiger partial charge in [-0.3, -0.25) is 19.5 Å². The minimum atomic E-state index is 0.128. The fourth-order valence-electron chi connectivity index (χ4n) is 2.72. The lowest BCUT2D eigenvalue weighted by Gasteiger charge is -2.25. The molecule has 0 saturated carbocycles. The van der Waals surface area contributed by atoms with Crippen LogP contribution in [0, 0.1) is 0 Å². The molecule has 2 aromatic rings. The zero-order chi connectivity index (χ0) is 14.1. The number of nitrogens with zero attached hydrogens (tertiary/aromatic N) is 2. The van der Waals surface area contributed by atoms with Crippen LogP contribution in [-0.4, -0.2) is 21.2 Å². The molecule has 0 amide bonds. The van der Waals surface area contributed by atoms with E-state index in [9.17, 15) is 4.79 Å². The number of rotatable bonds is 3. The average molecular weight is 292 g/mol. The average Bonchev–Trinajstić information content (AvgIpc) is 2.78. The second kappa shape index (κ2) is 5.46. The smallest absolute Gasteiger partial charge is 0.271 e. The predicted molar refractivity (Wildman–Crippen MR) is 80.0 cm³/mol. The largest absolute Gasteiger partial charge is 0.299 e. The third-order valence-electron chi connectivity index (χ3n) is 3.83. The van der Waals surface area contributed by atoms with Crippen LogP contribution in [-0.2, 0) is 26.1 Å². The van der Waals surface area contributed by atoms with Gasteiger partial charge in [-0.1, -0.05) is 23.7 Å². The van der Waals surface area contributed by atoms with Crippen molar-refractivity contribution < 1.29 is 0 Å². The number of aromatic nitrogens is 2. The van der Waals surface area contributed by atoms with E-state index in [1.165, 1.54) is 5.56 Å². The Labute approximate surface area is 123 Å². The maximum atomic E-state index is 12.2. The van der Waals surface area contributed by atoms with Gasteiger partial charge in [0.15, 0.2) is 0 Å². The number of hydrogen-bond acceptors (Lipinski definition) is 2. The minimum Gasteiger partial charge on any atom is -0.299 e. The molecule has 1 aliphatic rings. The molecule has 0 aliphatic carbocycles. The summed E-state index contributed by atoms with van der Waals surface area (Å²) in [5.41, 5.74) is 3.38. The molecule has 0 saturated heterocycles. The molecule has 106 valence electrons. The first-order valence-corrected chi connectivity index (χ1v) is 7.32. The van der Waals surface area contributed by atoms with E-state index in [-0.39, 0.29) is 5.56 Å². The molecule has 1 aromatic heterocycles. The van der Waals surface area contributed by atoms with Crippen LogP contribution in [0.4, 0.5) is 0 Å². The fourth-order valence-corrected chi connectivity index (χ4v) is 2.85. The van der Waals surface area contributed by atoms with E-state index in [4.69, 9.17) is 11.6 Å². The van der Waals surface area contributed by atoms with E-state index in [1.54, 1.807) is 4.68 Å². The Morgan fingerprint density at radius 2 is 2.05 bits per heavy atom. The Morgan fingerprint density at radius 3 is 2.75 bits per heavy atom. The summed E-state index contributed by atoms with van der Waals surface area (Å²) in [6.07, 6.45) is 0.908. The highest BCUT2D eigenvalue weighted by atomic mass is 35.5. The van der Waals surface area contributed by atoms with E-state index in [2.05, 4.69) is 10.00 Å². The molecular weight excluding hydrogens is 274 g/mol. The Morgan fingerprint density at radius 1 is 1.30 bits per heavy atom. The molecule has 0 unspecified atom stereocenters. The number of hydrogen-bond donors (Lipinski definition) is 1. The van der Waals surface area contributed by atoms with Crippen LogP contribution in [0.3, 0.4) is 0 Å². The van der Waals surface area contributed by atoms with E-state index < -0.39 is 0 Å². The monoisotopic (exact) mass is 291 g/mol. The number of nitrogens with one attached hydrogen (secondary N) is 1. The highest BCUT2D eigenvalue weighted by Gasteiger charge is 2.22. The van der Waals surface area contributed by atoms with Gasteiger partial charge in [0.05, 0.1) is 5.56 Å². The Hall–Kier alpha value is -1.52. The number of H-pyrrole nitrogens is 1. The van der Waals surface area contributed by atoms with E-state index >= 15 is 0 Å². The lowest BCUT2D eigenvalue weighted by Crippen LogP contribution is -2.32. The van der Waals surface area contributed by atoms with E-state index in [0.29, 0.717) is 6.54 Å². The van der Waals surface area contributed by atoms with Gasteiger partial charge >= 0.3 is 0 Å². The second-order valence-corrected chi connectivity index (χ2v) is 5.64. The summed E-state index contributed by atoms with van der Waals surface area (Å²) in [5, 5.41) is 3.96. The molecule has 0 bridgehead atoms. The molecular formula is C15H18ClN3O. The molecule has 0 radical (unpaired) electrons. The fraction of sp³-hybridized carbons (Fsp3) is 0.400. The Bertz CT molecular complexity index is 657. The molecule has 1 aliphatic heterocycles. The topological polar surface area (TPSA) is 41.0 Å². The number of fused-ring (bicyclic) bond motifs is 1. The summed E-state index contributed by atoms with van der Waals surface area (Å²) < 4.78 is 1.69. The van der Waals surface area contributed by atoms with Gasteiger partial charge in [-0.2, -0.15) is 0 Å². The van der Waals surface area contributed by atoms with E-state index in [0.717, 1.165) is 42.3 Å². The zero-order valence-electron chi connectivity index (χ0n) is 11.5.